The largest absolute Gasteiger partial charge is 0.386 e. The Hall–Kier alpha value is -0.380. The van der Waals surface area contributed by atoms with Gasteiger partial charge in [0.2, 0.25) is 0 Å². The van der Waals surface area contributed by atoms with E-state index in [0.29, 0.717) is 0 Å². The number of rotatable bonds is 1. The van der Waals surface area contributed by atoms with Crippen LogP contribution in [0.1, 0.15) is 27.2 Å². The zero-order valence-corrected chi connectivity index (χ0v) is 8.28. The van der Waals surface area contributed by atoms with E-state index >= 15 is 0 Å². The molecule has 0 spiro atoms. The number of aliphatic hydroxyl groups is 1. The summed E-state index contributed by atoms with van der Waals surface area (Å²) < 4.78 is 11.3. The average Bonchev–Trinajstić information content (AvgIpc) is 2.47. The summed E-state index contributed by atoms with van der Waals surface area (Å²) in [7, 11) is 0. The number of hydrogen-bond donors (Lipinski definition) is 1. The van der Waals surface area contributed by atoms with Crippen molar-refractivity contribution in [3.8, 4) is 0 Å². The molecule has 0 aromatic carbocycles. The van der Waals surface area contributed by atoms with Crippen molar-refractivity contribution in [2.45, 2.75) is 51.3 Å². The molecule has 74 valence electrons. The summed E-state index contributed by atoms with van der Waals surface area (Å²) in [5.74, 6) is -0.551. The lowest BCUT2D eigenvalue weighted by Crippen LogP contribution is -2.29. The lowest BCUT2D eigenvalue weighted by molar-refractivity contribution is -0.152. The quantitative estimate of drug-likeness (QED) is 0.623. The SMILES string of the molecule is CCC1=C[C@@H](O)[C@@H]2OC(C)(C)O[C@H]12. The molecule has 2 rings (SSSR count). The standard InChI is InChI=1S/C10H16O3/c1-4-6-5-7(11)9-8(6)12-10(2,3)13-9/h5,7-9,11H,4H2,1-3H3/t7-,8-,9+/m1/s1. The Morgan fingerprint density at radius 2 is 2.15 bits per heavy atom. The van der Waals surface area contributed by atoms with Gasteiger partial charge >= 0.3 is 0 Å². The Labute approximate surface area is 78.3 Å². The summed E-state index contributed by atoms with van der Waals surface area (Å²) in [6.07, 6.45) is 2.05. The maximum absolute atomic E-state index is 9.65. The fraction of sp³-hybridized carbons (Fsp3) is 0.800. The third-order valence-corrected chi connectivity index (χ3v) is 2.62. The highest BCUT2D eigenvalue weighted by Crippen LogP contribution is 2.39. The van der Waals surface area contributed by atoms with Crippen LogP contribution < -0.4 is 0 Å². The van der Waals surface area contributed by atoms with Crippen LogP contribution in [-0.4, -0.2) is 29.2 Å². The molecule has 1 heterocycles. The van der Waals surface area contributed by atoms with Gasteiger partial charge in [0.15, 0.2) is 5.79 Å². The molecule has 1 aliphatic carbocycles. The Morgan fingerprint density at radius 3 is 2.77 bits per heavy atom. The molecule has 3 heteroatoms. The fourth-order valence-electron chi connectivity index (χ4n) is 2.05. The molecule has 0 bridgehead atoms. The first-order chi connectivity index (χ1) is 6.03. The molecule has 3 nitrogen and oxygen atoms in total. The summed E-state index contributed by atoms with van der Waals surface area (Å²) in [6, 6.07) is 0. The van der Waals surface area contributed by atoms with Crippen LogP contribution >= 0.6 is 0 Å². The van der Waals surface area contributed by atoms with Crippen LogP contribution in [0.4, 0.5) is 0 Å². The number of ether oxygens (including phenoxy) is 2. The molecule has 0 saturated carbocycles. The van der Waals surface area contributed by atoms with Gasteiger partial charge in [0.1, 0.15) is 18.3 Å². The fourth-order valence-corrected chi connectivity index (χ4v) is 2.05. The van der Waals surface area contributed by atoms with E-state index in [9.17, 15) is 5.11 Å². The van der Waals surface area contributed by atoms with Crippen molar-refractivity contribution in [3.05, 3.63) is 11.6 Å². The van der Waals surface area contributed by atoms with E-state index in [1.54, 1.807) is 0 Å². The monoisotopic (exact) mass is 184 g/mol. The second kappa shape index (κ2) is 2.80. The van der Waals surface area contributed by atoms with Gasteiger partial charge in [-0.1, -0.05) is 13.0 Å². The summed E-state index contributed by atoms with van der Waals surface area (Å²) in [4.78, 5) is 0. The first-order valence-electron chi connectivity index (χ1n) is 4.78. The van der Waals surface area contributed by atoms with Crippen molar-refractivity contribution in [1.82, 2.24) is 0 Å². The number of fused-ring (bicyclic) bond motifs is 1. The van der Waals surface area contributed by atoms with Crippen LogP contribution in [-0.2, 0) is 9.47 Å². The van der Waals surface area contributed by atoms with E-state index in [1.165, 1.54) is 0 Å². The van der Waals surface area contributed by atoms with Crippen LogP contribution in [0.2, 0.25) is 0 Å². The molecule has 1 fully saturated rings. The number of hydrogen-bond acceptors (Lipinski definition) is 3. The molecule has 0 aromatic heterocycles. The molecular formula is C10H16O3. The molecule has 1 saturated heterocycles. The molecular weight excluding hydrogens is 168 g/mol. The highest BCUT2D eigenvalue weighted by Gasteiger charge is 2.48. The maximum Gasteiger partial charge on any atom is 0.164 e. The minimum absolute atomic E-state index is 0.0324. The van der Waals surface area contributed by atoms with Gasteiger partial charge < -0.3 is 14.6 Å². The lowest BCUT2D eigenvalue weighted by atomic mass is 10.1. The minimum atomic E-state index is -0.551. The predicted octanol–water partition coefficient (Wildman–Crippen LogP) is 1.22. The van der Waals surface area contributed by atoms with Gasteiger partial charge in [0.05, 0.1) is 0 Å². The first-order valence-corrected chi connectivity index (χ1v) is 4.78. The third-order valence-electron chi connectivity index (χ3n) is 2.62. The van der Waals surface area contributed by atoms with Gasteiger partial charge in [-0.3, -0.25) is 0 Å². The molecule has 2 aliphatic rings. The number of aliphatic hydroxyl groups excluding tert-OH is 1. The van der Waals surface area contributed by atoms with Gasteiger partial charge in [0, 0.05) is 0 Å². The molecule has 1 N–H and O–H groups in total. The smallest absolute Gasteiger partial charge is 0.164 e. The van der Waals surface area contributed by atoms with Gasteiger partial charge in [-0.2, -0.15) is 0 Å². The Bertz CT molecular complexity index is 245. The molecule has 0 unspecified atom stereocenters. The van der Waals surface area contributed by atoms with E-state index in [0.717, 1.165) is 12.0 Å². The third kappa shape index (κ3) is 1.41. The van der Waals surface area contributed by atoms with Gasteiger partial charge in [-0.15, -0.1) is 0 Å². The van der Waals surface area contributed by atoms with Crippen molar-refractivity contribution in [2.75, 3.05) is 0 Å². The molecule has 0 radical (unpaired) electrons. The molecule has 0 aromatic rings. The van der Waals surface area contributed by atoms with Gasteiger partial charge in [0.25, 0.3) is 0 Å². The second-order valence-electron chi connectivity index (χ2n) is 4.11. The first kappa shape index (κ1) is 9.19. The van der Waals surface area contributed by atoms with E-state index < -0.39 is 11.9 Å². The van der Waals surface area contributed by atoms with Crippen LogP contribution in [0.15, 0.2) is 11.6 Å². The van der Waals surface area contributed by atoms with E-state index in [2.05, 4.69) is 6.92 Å². The molecule has 3 atom stereocenters. The predicted molar refractivity (Wildman–Crippen MR) is 48.2 cm³/mol. The molecule has 13 heavy (non-hydrogen) atoms. The second-order valence-corrected chi connectivity index (χ2v) is 4.11. The highest BCUT2D eigenvalue weighted by atomic mass is 16.8. The van der Waals surface area contributed by atoms with Crippen molar-refractivity contribution in [3.63, 3.8) is 0 Å². The maximum atomic E-state index is 9.65. The van der Waals surface area contributed by atoms with Gasteiger partial charge in [-0.05, 0) is 25.8 Å². The summed E-state index contributed by atoms with van der Waals surface area (Å²) in [6.45, 7) is 5.83. The van der Waals surface area contributed by atoms with Crippen LogP contribution in [0, 0.1) is 0 Å². The van der Waals surface area contributed by atoms with E-state index in [1.807, 2.05) is 19.9 Å². The zero-order valence-electron chi connectivity index (χ0n) is 8.28. The minimum Gasteiger partial charge on any atom is -0.386 e. The van der Waals surface area contributed by atoms with Crippen LogP contribution in [0.5, 0.6) is 0 Å². The van der Waals surface area contributed by atoms with E-state index in [4.69, 9.17) is 9.47 Å². The van der Waals surface area contributed by atoms with Crippen LogP contribution in [0.3, 0.4) is 0 Å². The van der Waals surface area contributed by atoms with Gasteiger partial charge in [-0.25, -0.2) is 0 Å². The summed E-state index contributed by atoms with van der Waals surface area (Å²) in [5, 5.41) is 9.65. The Kier molecular flexibility index (Phi) is 1.98. The van der Waals surface area contributed by atoms with Crippen molar-refractivity contribution >= 4 is 0 Å². The van der Waals surface area contributed by atoms with Crippen molar-refractivity contribution < 1.29 is 14.6 Å². The Balaban J connectivity index is 2.19. The Morgan fingerprint density at radius 1 is 1.46 bits per heavy atom. The van der Waals surface area contributed by atoms with Crippen LogP contribution in [0.25, 0.3) is 0 Å². The van der Waals surface area contributed by atoms with Crippen molar-refractivity contribution in [1.29, 1.82) is 0 Å². The lowest BCUT2D eigenvalue weighted by Gasteiger charge is -2.18. The summed E-state index contributed by atoms with van der Waals surface area (Å²) in [5.41, 5.74) is 1.16. The highest BCUT2D eigenvalue weighted by molar-refractivity contribution is 5.24. The average molecular weight is 184 g/mol. The summed E-state index contributed by atoms with van der Waals surface area (Å²) >= 11 is 0. The molecule has 1 aliphatic heterocycles. The normalized spacial score (nSPS) is 41.8. The zero-order chi connectivity index (χ0) is 9.64. The van der Waals surface area contributed by atoms with Crippen molar-refractivity contribution in [2.24, 2.45) is 0 Å². The van der Waals surface area contributed by atoms with E-state index in [-0.39, 0.29) is 12.2 Å². The molecule has 0 amide bonds. The topological polar surface area (TPSA) is 38.7 Å².